The lowest BCUT2D eigenvalue weighted by atomic mass is 10.2. The van der Waals surface area contributed by atoms with E-state index >= 15 is 0 Å². The lowest BCUT2D eigenvalue weighted by Crippen LogP contribution is -2.28. The Labute approximate surface area is 225 Å². The number of carbonyl (C=O) groups excluding carboxylic acids is 1. The molecule has 0 unspecified atom stereocenters. The topological polar surface area (TPSA) is 128 Å². The summed E-state index contributed by atoms with van der Waals surface area (Å²) in [7, 11) is 0. The van der Waals surface area contributed by atoms with Crippen molar-refractivity contribution < 1.29 is 36.4 Å². The summed E-state index contributed by atoms with van der Waals surface area (Å²) in [4.78, 5) is 33.7. The zero-order valence-corrected chi connectivity index (χ0v) is 21.0. The second-order valence-corrected chi connectivity index (χ2v) is 9.87. The Kier molecular flexibility index (Phi) is 7.09. The summed E-state index contributed by atoms with van der Waals surface area (Å²) >= 11 is 0.660. The second kappa shape index (κ2) is 10.4. The van der Waals surface area contributed by atoms with Gasteiger partial charge in [0.25, 0.3) is 11.8 Å². The number of carbonyl (C=O) groups is 1. The molecule has 0 saturated carbocycles. The van der Waals surface area contributed by atoms with E-state index in [4.69, 9.17) is 0 Å². The minimum atomic E-state index is -4.88. The lowest BCUT2D eigenvalue weighted by Gasteiger charge is -2.15. The van der Waals surface area contributed by atoms with E-state index in [0.29, 0.717) is 16.7 Å². The highest BCUT2D eigenvalue weighted by Gasteiger charge is 2.38. The lowest BCUT2D eigenvalue weighted by molar-refractivity contribution is -0.380. The number of aromatic nitrogens is 4. The Morgan fingerprint density at radius 3 is 2.52 bits per heavy atom. The number of alkyl halides is 5. The summed E-state index contributed by atoms with van der Waals surface area (Å²) in [6, 6.07) is 7.21. The maximum atomic E-state index is 13.6. The Balaban J connectivity index is 1.48. The molecule has 5 rings (SSSR count). The van der Waals surface area contributed by atoms with Gasteiger partial charge in [-0.2, -0.15) is 5.10 Å². The number of amides is 1. The number of ether oxygens (including phenoxy) is 1. The number of nitrogens with one attached hydrogen (secondary N) is 1. The van der Waals surface area contributed by atoms with Crippen molar-refractivity contribution in [3.05, 3.63) is 57.6 Å². The predicted octanol–water partition coefficient (Wildman–Crippen LogP) is 4.95. The number of nitrogens with zero attached hydrogens (tertiary/aromatic N) is 6. The van der Waals surface area contributed by atoms with E-state index in [1.54, 1.807) is 4.90 Å². The Morgan fingerprint density at radius 1 is 1.15 bits per heavy atom. The highest BCUT2D eigenvalue weighted by Crippen LogP contribution is 2.31. The highest BCUT2D eigenvalue weighted by atomic mass is 32.1. The number of hydrogen-bond donors (Lipinski definition) is 1. The molecule has 1 N–H and O–H groups in total. The van der Waals surface area contributed by atoms with Crippen LogP contribution in [0.15, 0.2) is 42.6 Å². The minimum Gasteiger partial charge on any atom is -0.406 e. The van der Waals surface area contributed by atoms with Gasteiger partial charge in [-0.05, 0) is 30.3 Å². The monoisotopic (exact) mass is 583 g/mol. The van der Waals surface area contributed by atoms with Crippen LogP contribution in [0.3, 0.4) is 0 Å². The van der Waals surface area contributed by atoms with Gasteiger partial charge in [0, 0.05) is 31.1 Å². The number of anilines is 1. The van der Waals surface area contributed by atoms with E-state index in [0.717, 1.165) is 12.1 Å². The molecule has 0 atom stereocenters. The standard InChI is InChI=1S/C23H18F5N7O4S/c24-22(25)7-8-33(12-22)9-10-34-20-15(11-29-34)19(32-21(36)16-5-6-17(40-16)35(37)38)30-18(31-20)13-1-3-14(4-2-13)39-23(26,27)28/h1-6,11H,7-10,12H2,(H,30,31,32,36). The largest absolute Gasteiger partial charge is 0.573 e. The van der Waals surface area contributed by atoms with Crippen LogP contribution >= 0.6 is 11.3 Å². The van der Waals surface area contributed by atoms with E-state index in [2.05, 4.69) is 25.1 Å². The van der Waals surface area contributed by atoms with Gasteiger partial charge < -0.3 is 10.1 Å². The number of benzene rings is 1. The van der Waals surface area contributed by atoms with Crippen LogP contribution in [0, 0.1) is 10.1 Å². The molecule has 1 aromatic carbocycles. The minimum absolute atomic E-state index is 0.00405. The molecule has 0 bridgehead atoms. The molecule has 0 aliphatic carbocycles. The van der Waals surface area contributed by atoms with Crippen LogP contribution in [0.4, 0.5) is 32.8 Å². The van der Waals surface area contributed by atoms with Crippen molar-refractivity contribution in [3.8, 4) is 17.1 Å². The van der Waals surface area contributed by atoms with Gasteiger partial charge in [-0.15, -0.1) is 13.2 Å². The summed E-state index contributed by atoms with van der Waals surface area (Å²) in [6.07, 6.45) is -3.74. The molecule has 1 aliphatic rings. The van der Waals surface area contributed by atoms with E-state index in [-0.39, 0.29) is 65.3 Å². The van der Waals surface area contributed by atoms with Crippen molar-refractivity contribution in [1.29, 1.82) is 0 Å². The highest BCUT2D eigenvalue weighted by molar-refractivity contribution is 7.17. The average molecular weight is 583 g/mol. The first-order valence-electron chi connectivity index (χ1n) is 11.6. The van der Waals surface area contributed by atoms with Crippen LogP contribution in [-0.2, 0) is 6.54 Å². The molecule has 1 amide bonds. The molecule has 11 nitrogen and oxygen atoms in total. The van der Waals surface area contributed by atoms with E-state index in [1.807, 2.05) is 0 Å². The molecule has 1 aliphatic heterocycles. The maximum Gasteiger partial charge on any atom is 0.573 e. The summed E-state index contributed by atoms with van der Waals surface area (Å²) in [5.74, 6) is -3.90. The Morgan fingerprint density at radius 2 is 1.90 bits per heavy atom. The molecule has 210 valence electrons. The average Bonchev–Trinajstić information content (AvgIpc) is 3.60. The number of rotatable bonds is 8. The van der Waals surface area contributed by atoms with Crippen molar-refractivity contribution in [2.75, 3.05) is 25.0 Å². The first-order valence-corrected chi connectivity index (χ1v) is 12.4. The fourth-order valence-electron chi connectivity index (χ4n) is 4.10. The molecular weight excluding hydrogens is 565 g/mol. The molecule has 0 spiro atoms. The molecule has 0 radical (unpaired) electrons. The van der Waals surface area contributed by atoms with Crippen LogP contribution in [0.1, 0.15) is 16.1 Å². The van der Waals surface area contributed by atoms with Crippen LogP contribution < -0.4 is 10.1 Å². The Hall–Kier alpha value is -4.25. The third-order valence-corrected chi connectivity index (χ3v) is 6.98. The molecule has 4 aromatic rings. The molecule has 1 saturated heterocycles. The third kappa shape index (κ3) is 6.15. The Bertz CT molecular complexity index is 1570. The van der Waals surface area contributed by atoms with Crippen molar-refractivity contribution in [2.45, 2.75) is 25.3 Å². The fourth-order valence-corrected chi connectivity index (χ4v) is 4.82. The number of nitro groups is 1. The predicted molar refractivity (Wildman–Crippen MR) is 132 cm³/mol. The fraction of sp³-hybridized carbons (Fsp3) is 0.304. The molecule has 17 heteroatoms. The van der Waals surface area contributed by atoms with Crippen molar-refractivity contribution in [1.82, 2.24) is 24.6 Å². The van der Waals surface area contributed by atoms with E-state index < -0.39 is 28.9 Å². The smallest absolute Gasteiger partial charge is 0.406 e. The zero-order chi connectivity index (χ0) is 28.7. The van der Waals surface area contributed by atoms with Crippen LogP contribution in [-0.4, -0.2) is 67.4 Å². The van der Waals surface area contributed by atoms with Gasteiger partial charge >= 0.3 is 11.4 Å². The molecule has 4 heterocycles. The van der Waals surface area contributed by atoms with Gasteiger partial charge in [-0.1, -0.05) is 11.3 Å². The summed E-state index contributed by atoms with van der Waals surface area (Å²) in [6.45, 7) is 0.259. The molecule has 3 aromatic heterocycles. The SMILES string of the molecule is O=C(Nc1nc(-c2ccc(OC(F)(F)F)cc2)nc2c1cnn2CCN1CCC(F)(F)C1)c1ccc([N+](=O)[O-])s1. The van der Waals surface area contributed by atoms with Crippen molar-refractivity contribution >= 4 is 39.1 Å². The summed E-state index contributed by atoms with van der Waals surface area (Å²) in [5.41, 5.74) is 0.518. The summed E-state index contributed by atoms with van der Waals surface area (Å²) < 4.78 is 70.2. The number of thiophene rings is 1. The molecule has 1 fully saturated rings. The van der Waals surface area contributed by atoms with Gasteiger partial charge in [0.15, 0.2) is 11.5 Å². The first-order chi connectivity index (χ1) is 18.9. The second-order valence-electron chi connectivity index (χ2n) is 8.80. The number of likely N-dealkylation sites (tertiary alicyclic amines) is 1. The zero-order valence-electron chi connectivity index (χ0n) is 20.2. The van der Waals surface area contributed by atoms with Gasteiger partial charge in [-0.3, -0.25) is 19.8 Å². The van der Waals surface area contributed by atoms with Gasteiger partial charge in [0.1, 0.15) is 11.6 Å². The van der Waals surface area contributed by atoms with E-state index in [9.17, 15) is 36.9 Å². The van der Waals surface area contributed by atoms with Gasteiger partial charge in [0.2, 0.25) is 0 Å². The first kappa shape index (κ1) is 27.3. The number of halogens is 5. The number of fused-ring (bicyclic) bond motifs is 1. The van der Waals surface area contributed by atoms with Crippen LogP contribution in [0.5, 0.6) is 5.75 Å². The molecular formula is C23H18F5N7O4S. The quantitative estimate of drug-likeness (QED) is 0.175. The summed E-state index contributed by atoms with van der Waals surface area (Å²) in [5, 5.41) is 17.9. The normalized spacial score (nSPS) is 15.4. The van der Waals surface area contributed by atoms with Crippen LogP contribution in [0.2, 0.25) is 0 Å². The number of hydrogen-bond acceptors (Lipinski definition) is 9. The third-order valence-electron chi connectivity index (χ3n) is 5.95. The van der Waals surface area contributed by atoms with Crippen LogP contribution in [0.25, 0.3) is 22.4 Å². The van der Waals surface area contributed by atoms with Gasteiger partial charge in [0.05, 0.1) is 34.5 Å². The molecule has 40 heavy (non-hydrogen) atoms. The van der Waals surface area contributed by atoms with Crippen molar-refractivity contribution in [3.63, 3.8) is 0 Å². The maximum absolute atomic E-state index is 13.6. The van der Waals surface area contributed by atoms with Gasteiger partial charge in [-0.25, -0.2) is 23.4 Å². The van der Waals surface area contributed by atoms with Crippen molar-refractivity contribution in [2.24, 2.45) is 0 Å². The van der Waals surface area contributed by atoms with E-state index in [1.165, 1.54) is 35.1 Å².